The maximum Gasteiger partial charge on any atom is 0.0807 e. The third-order valence-electron chi connectivity index (χ3n) is 4.22. The van der Waals surface area contributed by atoms with Gasteiger partial charge in [0.05, 0.1) is 6.10 Å². The average molecular weight is 247 g/mol. The molecule has 1 N–H and O–H groups in total. The zero-order chi connectivity index (χ0) is 13.1. The third kappa shape index (κ3) is 2.39. The fraction of sp³-hybridized carbons (Fsp3) is 0.625. The van der Waals surface area contributed by atoms with Crippen molar-refractivity contribution in [2.24, 2.45) is 0 Å². The van der Waals surface area contributed by atoms with Crippen molar-refractivity contribution in [2.75, 3.05) is 4.90 Å². The predicted molar refractivity (Wildman–Crippen MR) is 76.9 cm³/mol. The molecule has 1 aromatic carbocycles. The molecule has 0 bridgehead atoms. The maximum absolute atomic E-state index is 10.2. The summed E-state index contributed by atoms with van der Waals surface area (Å²) in [4.78, 5) is 2.52. The third-order valence-corrected chi connectivity index (χ3v) is 4.22. The summed E-state index contributed by atoms with van der Waals surface area (Å²) in [6, 6.07) is 9.56. The number of para-hydroxylation sites is 1. The lowest BCUT2D eigenvalue weighted by atomic mass is 10.0. The molecule has 2 heteroatoms. The van der Waals surface area contributed by atoms with Gasteiger partial charge in [0, 0.05) is 23.3 Å². The lowest BCUT2D eigenvalue weighted by Crippen LogP contribution is -2.35. The van der Waals surface area contributed by atoms with E-state index in [-0.39, 0.29) is 6.10 Å². The summed E-state index contributed by atoms with van der Waals surface area (Å²) in [5, 5.41) is 10.2. The van der Waals surface area contributed by atoms with Crippen LogP contribution in [0.15, 0.2) is 24.3 Å². The van der Waals surface area contributed by atoms with Crippen LogP contribution in [0.5, 0.6) is 0 Å². The molecule has 1 heterocycles. The van der Waals surface area contributed by atoms with Crippen LogP contribution < -0.4 is 4.90 Å². The summed E-state index contributed by atoms with van der Waals surface area (Å²) in [6.07, 6.45) is 4.15. The zero-order valence-electron chi connectivity index (χ0n) is 11.8. The summed E-state index contributed by atoms with van der Waals surface area (Å²) in [7, 11) is 0. The van der Waals surface area contributed by atoms with Gasteiger partial charge in [-0.1, -0.05) is 32.0 Å². The molecule has 18 heavy (non-hydrogen) atoms. The molecule has 0 saturated carbocycles. The molecule has 1 aliphatic rings. The van der Waals surface area contributed by atoms with E-state index < -0.39 is 0 Å². The highest BCUT2D eigenvalue weighted by atomic mass is 16.3. The molecule has 0 aliphatic carbocycles. The van der Waals surface area contributed by atoms with Crippen molar-refractivity contribution in [3.05, 3.63) is 29.8 Å². The molecule has 3 atom stereocenters. The summed E-state index contributed by atoms with van der Waals surface area (Å²) in [5.74, 6) is 0. The SMILES string of the molecule is CCC(O)c1ccccc1N1C(C)CCC1CC. The standard InChI is InChI=1S/C16H25NO/c1-4-13-11-10-12(3)17(13)15-9-7-6-8-14(15)16(18)5-2/h6-9,12-13,16,18H,4-5,10-11H2,1-3H3. The molecular weight excluding hydrogens is 222 g/mol. The first kappa shape index (κ1) is 13.4. The van der Waals surface area contributed by atoms with Gasteiger partial charge >= 0.3 is 0 Å². The highest BCUT2D eigenvalue weighted by Crippen LogP contribution is 2.36. The van der Waals surface area contributed by atoms with Crippen LogP contribution in [0, 0.1) is 0 Å². The van der Waals surface area contributed by atoms with E-state index in [1.165, 1.54) is 24.9 Å². The van der Waals surface area contributed by atoms with Crippen LogP contribution in [0.2, 0.25) is 0 Å². The van der Waals surface area contributed by atoms with Crippen molar-refractivity contribution in [3.8, 4) is 0 Å². The second-order valence-electron chi connectivity index (χ2n) is 5.38. The smallest absolute Gasteiger partial charge is 0.0807 e. The number of nitrogens with zero attached hydrogens (tertiary/aromatic N) is 1. The van der Waals surface area contributed by atoms with Crippen LogP contribution in [0.3, 0.4) is 0 Å². The summed E-state index contributed by atoms with van der Waals surface area (Å²) in [6.45, 7) is 6.59. The fourth-order valence-corrected chi connectivity index (χ4v) is 3.13. The average Bonchev–Trinajstić information content (AvgIpc) is 2.78. The van der Waals surface area contributed by atoms with E-state index in [1.54, 1.807) is 0 Å². The van der Waals surface area contributed by atoms with Crippen molar-refractivity contribution >= 4 is 5.69 Å². The van der Waals surface area contributed by atoms with E-state index in [1.807, 2.05) is 13.0 Å². The van der Waals surface area contributed by atoms with Gasteiger partial charge in [-0.25, -0.2) is 0 Å². The van der Waals surface area contributed by atoms with E-state index in [9.17, 15) is 5.11 Å². The van der Waals surface area contributed by atoms with Crippen LogP contribution in [-0.4, -0.2) is 17.2 Å². The summed E-state index contributed by atoms with van der Waals surface area (Å²) >= 11 is 0. The number of hydrogen-bond acceptors (Lipinski definition) is 2. The second-order valence-corrected chi connectivity index (χ2v) is 5.38. The molecule has 2 rings (SSSR count). The van der Waals surface area contributed by atoms with Crippen LogP contribution in [0.4, 0.5) is 5.69 Å². The Bertz CT molecular complexity index is 390. The molecule has 0 amide bonds. The quantitative estimate of drug-likeness (QED) is 0.872. The number of anilines is 1. The van der Waals surface area contributed by atoms with Crippen LogP contribution >= 0.6 is 0 Å². The molecule has 0 spiro atoms. The first-order chi connectivity index (χ1) is 8.69. The Hall–Kier alpha value is -1.02. The number of aliphatic hydroxyl groups excluding tert-OH is 1. The van der Waals surface area contributed by atoms with Crippen molar-refractivity contribution in [2.45, 2.75) is 64.6 Å². The van der Waals surface area contributed by atoms with Crippen molar-refractivity contribution in [1.82, 2.24) is 0 Å². The molecule has 1 aromatic rings. The van der Waals surface area contributed by atoms with Gasteiger partial charge in [-0.2, -0.15) is 0 Å². The molecule has 0 radical (unpaired) electrons. The fourth-order valence-electron chi connectivity index (χ4n) is 3.13. The molecule has 100 valence electrons. The molecular formula is C16H25NO. The topological polar surface area (TPSA) is 23.5 Å². The lowest BCUT2D eigenvalue weighted by molar-refractivity contribution is 0.174. The van der Waals surface area contributed by atoms with Gasteiger partial charge in [0.25, 0.3) is 0 Å². The van der Waals surface area contributed by atoms with Gasteiger partial charge in [-0.3, -0.25) is 0 Å². The van der Waals surface area contributed by atoms with Gasteiger partial charge in [0.2, 0.25) is 0 Å². The number of hydrogen-bond donors (Lipinski definition) is 1. The first-order valence-electron chi connectivity index (χ1n) is 7.24. The Labute approximate surface area is 111 Å². The molecule has 3 unspecified atom stereocenters. The first-order valence-corrected chi connectivity index (χ1v) is 7.24. The van der Waals surface area contributed by atoms with Gasteiger partial charge < -0.3 is 10.0 Å². The van der Waals surface area contributed by atoms with E-state index in [2.05, 4.69) is 36.9 Å². The van der Waals surface area contributed by atoms with Gasteiger partial charge in [0.1, 0.15) is 0 Å². The Morgan fingerprint density at radius 2 is 2.00 bits per heavy atom. The van der Waals surface area contributed by atoms with Crippen molar-refractivity contribution in [3.63, 3.8) is 0 Å². The largest absolute Gasteiger partial charge is 0.388 e. The lowest BCUT2D eigenvalue weighted by Gasteiger charge is -2.33. The van der Waals surface area contributed by atoms with Gasteiger partial charge in [-0.15, -0.1) is 0 Å². The minimum Gasteiger partial charge on any atom is -0.388 e. The Morgan fingerprint density at radius 3 is 2.67 bits per heavy atom. The number of rotatable bonds is 4. The Kier molecular flexibility index (Phi) is 4.28. The predicted octanol–water partition coefficient (Wildman–Crippen LogP) is 3.90. The molecule has 1 aliphatic heterocycles. The van der Waals surface area contributed by atoms with E-state index in [0.29, 0.717) is 12.1 Å². The molecule has 0 aromatic heterocycles. The van der Waals surface area contributed by atoms with Crippen LogP contribution in [0.1, 0.15) is 58.1 Å². The van der Waals surface area contributed by atoms with Crippen LogP contribution in [-0.2, 0) is 0 Å². The Balaban J connectivity index is 2.37. The highest BCUT2D eigenvalue weighted by Gasteiger charge is 2.31. The molecule has 1 fully saturated rings. The van der Waals surface area contributed by atoms with E-state index in [4.69, 9.17) is 0 Å². The molecule has 2 nitrogen and oxygen atoms in total. The van der Waals surface area contributed by atoms with Crippen LogP contribution in [0.25, 0.3) is 0 Å². The second kappa shape index (κ2) is 5.75. The summed E-state index contributed by atoms with van der Waals surface area (Å²) < 4.78 is 0. The van der Waals surface area contributed by atoms with Gasteiger partial charge in [-0.05, 0) is 38.7 Å². The maximum atomic E-state index is 10.2. The van der Waals surface area contributed by atoms with Crippen molar-refractivity contribution < 1.29 is 5.11 Å². The monoisotopic (exact) mass is 247 g/mol. The normalized spacial score (nSPS) is 25.4. The molecule has 1 saturated heterocycles. The van der Waals surface area contributed by atoms with Crippen molar-refractivity contribution in [1.29, 1.82) is 0 Å². The highest BCUT2D eigenvalue weighted by molar-refractivity contribution is 5.57. The number of benzene rings is 1. The Morgan fingerprint density at radius 1 is 1.28 bits per heavy atom. The zero-order valence-corrected chi connectivity index (χ0v) is 11.8. The van der Waals surface area contributed by atoms with Gasteiger partial charge in [0.15, 0.2) is 0 Å². The number of aliphatic hydroxyl groups is 1. The van der Waals surface area contributed by atoms with E-state index >= 15 is 0 Å². The minimum absolute atomic E-state index is 0.341. The van der Waals surface area contributed by atoms with E-state index in [0.717, 1.165) is 12.0 Å². The summed E-state index contributed by atoms with van der Waals surface area (Å²) in [5.41, 5.74) is 2.33. The minimum atomic E-state index is -0.341.